The van der Waals surface area contributed by atoms with E-state index in [0.29, 0.717) is 12.1 Å². The molecule has 11 heteroatoms. The maximum absolute atomic E-state index is 13.2. The maximum atomic E-state index is 13.2. The molecule has 0 aliphatic carbocycles. The van der Waals surface area contributed by atoms with Gasteiger partial charge in [-0.15, -0.1) is 0 Å². The number of piperidine rings is 1. The van der Waals surface area contributed by atoms with Gasteiger partial charge < -0.3 is 16.0 Å². The summed E-state index contributed by atoms with van der Waals surface area (Å²) >= 11 is 0. The average molecular weight is 479 g/mol. The topological polar surface area (TPSA) is 146 Å². The smallest absolute Gasteiger partial charge is 0.271 e. The van der Waals surface area contributed by atoms with Crippen molar-refractivity contribution in [2.75, 3.05) is 11.9 Å². The summed E-state index contributed by atoms with van der Waals surface area (Å²) < 4.78 is 0. The van der Waals surface area contributed by atoms with Crippen molar-refractivity contribution in [2.24, 2.45) is 11.8 Å². The Morgan fingerprint density at radius 3 is 2.69 bits per heavy atom. The third-order valence-electron chi connectivity index (χ3n) is 6.99. The average Bonchev–Trinajstić information content (AvgIpc) is 2.84. The van der Waals surface area contributed by atoms with Crippen LogP contribution in [-0.4, -0.2) is 46.5 Å². The van der Waals surface area contributed by atoms with Crippen LogP contribution >= 0.6 is 0 Å². The minimum Gasteiger partial charge on any atom is -0.340 e. The van der Waals surface area contributed by atoms with E-state index in [1.165, 1.54) is 23.3 Å². The first-order valence-corrected chi connectivity index (χ1v) is 11.5. The number of rotatable bonds is 4. The van der Waals surface area contributed by atoms with Gasteiger partial charge in [0.05, 0.1) is 28.6 Å². The normalized spacial score (nSPS) is 26.1. The monoisotopic (exact) mass is 478 g/mol. The van der Waals surface area contributed by atoms with E-state index < -0.39 is 35.1 Å². The van der Waals surface area contributed by atoms with Crippen molar-refractivity contribution in [3.63, 3.8) is 0 Å². The van der Waals surface area contributed by atoms with E-state index in [9.17, 15) is 24.5 Å². The van der Waals surface area contributed by atoms with Crippen molar-refractivity contribution in [3.8, 4) is 0 Å². The Hall–Kier alpha value is -3.83. The van der Waals surface area contributed by atoms with Crippen molar-refractivity contribution in [2.45, 2.75) is 38.8 Å². The Bertz CT molecular complexity index is 1220. The number of benzene rings is 2. The number of non-ortho nitro benzene ring substituents is 1. The minimum absolute atomic E-state index is 0.155. The first-order valence-electron chi connectivity index (χ1n) is 11.5. The predicted molar refractivity (Wildman–Crippen MR) is 126 cm³/mol. The summed E-state index contributed by atoms with van der Waals surface area (Å²) in [5.74, 6) is -2.94. The Morgan fingerprint density at radius 2 is 1.91 bits per heavy atom. The lowest BCUT2D eigenvalue weighted by Gasteiger charge is -2.47. The van der Waals surface area contributed by atoms with Crippen LogP contribution in [0.15, 0.2) is 42.5 Å². The number of nitrogens with zero attached hydrogens (tertiary/aromatic N) is 2. The molecule has 2 aromatic rings. The number of hydrogen-bond donors (Lipinski definition) is 4. The number of amides is 3. The second-order valence-corrected chi connectivity index (χ2v) is 9.19. The predicted octanol–water partition coefficient (Wildman–Crippen LogP) is 0.981. The van der Waals surface area contributed by atoms with Gasteiger partial charge >= 0.3 is 0 Å². The molecule has 4 N–H and O–H groups in total. The highest BCUT2D eigenvalue weighted by atomic mass is 16.6. The number of nitro benzene ring substituents is 1. The summed E-state index contributed by atoms with van der Waals surface area (Å²) in [5.41, 5.74) is 3.23. The summed E-state index contributed by atoms with van der Waals surface area (Å²) in [4.78, 5) is 51.6. The summed E-state index contributed by atoms with van der Waals surface area (Å²) in [7, 11) is 0. The van der Waals surface area contributed by atoms with Gasteiger partial charge in [0.1, 0.15) is 6.29 Å². The van der Waals surface area contributed by atoms with Crippen molar-refractivity contribution in [1.82, 2.24) is 20.9 Å². The van der Waals surface area contributed by atoms with Gasteiger partial charge in [0.15, 0.2) is 0 Å². The molecule has 0 spiro atoms. The SMILES string of the molecule is Cc1ccc([N+](=O)[O-])cc1NC(=O)C1CC(=O)NC2NC(N3CCc4ccccc4C3)NC(=O)C21. The van der Waals surface area contributed by atoms with Crippen LogP contribution < -0.4 is 21.3 Å². The van der Waals surface area contributed by atoms with E-state index in [1.807, 2.05) is 12.1 Å². The lowest BCUT2D eigenvalue weighted by molar-refractivity contribution is -0.384. The van der Waals surface area contributed by atoms with Gasteiger partial charge in [-0.3, -0.25) is 34.7 Å². The van der Waals surface area contributed by atoms with E-state index in [1.54, 1.807) is 13.0 Å². The quantitative estimate of drug-likeness (QED) is 0.379. The lowest BCUT2D eigenvalue weighted by atomic mass is 9.81. The molecule has 2 aromatic carbocycles. The first kappa shape index (κ1) is 22.9. The first-order chi connectivity index (χ1) is 16.8. The molecule has 0 radical (unpaired) electrons. The van der Waals surface area contributed by atoms with Crippen LogP contribution in [-0.2, 0) is 27.3 Å². The number of fused-ring (bicyclic) bond motifs is 2. The Balaban J connectivity index is 1.32. The van der Waals surface area contributed by atoms with Crippen molar-refractivity contribution >= 4 is 29.1 Å². The van der Waals surface area contributed by atoms with E-state index in [2.05, 4.69) is 38.3 Å². The molecule has 5 rings (SSSR count). The molecule has 2 fully saturated rings. The number of hydrogen-bond acceptors (Lipinski definition) is 7. The lowest BCUT2D eigenvalue weighted by Crippen LogP contribution is -2.74. The summed E-state index contributed by atoms with van der Waals surface area (Å²) in [6.45, 7) is 3.09. The molecule has 35 heavy (non-hydrogen) atoms. The van der Waals surface area contributed by atoms with Gasteiger partial charge in [0, 0.05) is 31.6 Å². The molecular weight excluding hydrogens is 452 g/mol. The highest BCUT2D eigenvalue weighted by molar-refractivity contribution is 6.00. The van der Waals surface area contributed by atoms with Crippen LogP contribution in [0.4, 0.5) is 11.4 Å². The minimum atomic E-state index is -0.928. The number of nitro groups is 1. The highest BCUT2D eigenvalue weighted by Gasteiger charge is 2.49. The number of carbonyl (C=O) groups is 3. The maximum Gasteiger partial charge on any atom is 0.271 e. The van der Waals surface area contributed by atoms with Gasteiger partial charge in [0.25, 0.3) is 5.69 Å². The summed E-state index contributed by atoms with van der Waals surface area (Å²) in [5, 5.41) is 22.9. The standard InChI is InChI=1S/C24H26N6O5/c1-13-6-7-16(30(34)35)10-18(13)25-22(32)17-11-19(31)26-21-20(17)23(33)28-24(27-21)29-9-8-14-4-2-3-5-15(14)12-29/h2-7,10,17,20-21,24,27H,8-9,11-12H2,1H3,(H,25,32)(H,26,31)(H,28,33). The molecular formula is C24H26N6O5. The Labute approximate surface area is 201 Å². The second kappa shape index (κ2) is 9.08. The molecule has 11 nitrogen and oxygen atoms in total. The molecule has 4 atom stereocenters. The molecule has 0 aromatic heterocycles. The zero-order valence-corrected chi connectivity index (χ0v) is 19.1. The third-order valence-corrected chi connectivity index (χ3v) is 6.99. The van der Waals surface area contributed by atoms with Crippen LogP contribution in [0.25, 0.3) is 0 Å². The van der Waals surface area contributed by atoms with Gasteiger partial charge in [-0.05, 0) is 30.0 Å². The molecule has 3 aliphatic heterocycles. The third kappa shape index (κ3) is 4.47. The fourth-order valence-corrected chi connectivity index (χ4v) is 5.08. The molecule has 3 aliphatic rings. The zero-order valence-electron chi connectivity index (χ0n) is 19.1. The number of nitrogens with one attached hydrogen (secondary N) is 4. The Kier molecular flexibility index (Phi) is 5.95. The van der Waals surface area contributed by atoms with Crippen LogP contribution in [0.1, 0.15) is 23.1 Å². The van der Waals surface area contributed by atoms with Crippen LogP contribution in [0.2, 0.25) is 0 Å². The zero-order chi connectivity index (χ0) is 24.7. The van der Waals surface area contributed by atoms with Gasteiger partial charge in [-0.1, -0.05) is 30.3 Å². The summed E-state index contributed by atoms with van der Waals surface area (Å²) in [6, 6.07) is 12.3. The summed E-state index contributed by atoms with van der Waals surface area (Å²) in [6.07, 6.45) is -0.511. The van der Waals surface area contributed by atoms with Crippen LogP contribution in [0.3, 0.4) is 0 Å². The Morgan fingerprint density at radius 1 is 1.14 bits per heavy atom. The molecule has 3 amide bonds. The second-order valence-electron chi connectivity index (χ2n) is 9.19. The van der Waals surface area contributed by atoms with E-state index in [4.69, 9.17) is 0 Å². The molecule has 2 saturated heterocycles. The van der Waals surface area contributed by atoms with Crippen molar-refractivity contribution in [3.05, 3.63) is 69.3 Å². The van der Waals surface area contributed by atoms with E-state index in [-0.39, 0.29) is 29.6 Å². The van der Waals surface area contributed by atoms with Crippen molar-refractivity contribution in [1.29, 1.82) is 0 Å². The van der Waals surface area contributed by atoms with E-state index >= 15 is 0 Å². The fraction of sp³-hybridized carbons (Fsp3) is 0.375. The van der Waals surface area contributed by atoms with Crippen LogP contribution in [0, 0.1) is 28.9 Å². The number of anilines is 1. The fourth-order valence-electron chi connectivity index (χ4n) is 5.08. The van der Waals surface area contributed by atoms with E-state index in [0.717, 1.165) is 13.0 Å². The molecule has 182 valence electrons. The largest absolute Gasteiger partial charge is 0.340 e. The molecule has 0 saturated carbocycles. The van der Waals surface area contributed by atoms with Gasteiger partial charge in [-0.2, -0.15) is 0 Å². The molecule has 0 bridgehead atoms. The van der Waals surface area contributed by atoms with Crippen LogP contribution in [0.5, 0.6) is 0 Å². The number of aryl methyl sites for hydroxylation is 1. The molecule has 4 unspecified atom stereocenters. The van der Waals surface area contributed by atoms with Gasteiger partial charge in [-0.25, -0.2) is 0 Å². The number of carbonyl (C=O) groups excluding carboxylic acids is 3. The highest BCUT2D eigenvalue weighted by Crippen LogP contribution is 2.30. The van der Waals surface area contributed by atoms with Gasteiger partial charge in [0.2, 0.25) is 17.7 Å². The van der Waals surface area contributed by atoms with Crippen molar-refractivity contribution < 1.29 is 19.3 Å². The molecule has 3 heterocycles.